The van der Waals surface area contributed by atoms with Gasteiger partial charge in [-0.3, -0.25) is 9.59 Å². The van der Waals surface area contributed by atoms with Gasteiger partial charge in [-0.25, -0.2) is 5.09 Å². The summed E-state index contributed by atoms with van der Waals surface area (Å²) in [5.74, 6) is 0.218. The summed E-state index contributed by atoms with van der Waals surface area (Å²) in [7, 11) is 1.84. The maximum absolute atomic E-state index is 12.8. The van der Waals surface area contributed by atoms with Crippen molar-refractivity contribution >= 4 is 20.8 Å². The number of aldehydes is 1. The number of methoxy groups -OCH3 is 1. The molecule has 0 aliphatic heterocycles. The summed E-state index contributed by atoms with van der Waals surface area (Å²) in [6.07, 6.45) is 3.98. The van der Waals surface area contributed by atoms with Crippen LogP contribution in [0.1, 0.15) is 38.9 Å². The Kier molecular flexibility index (Phi) is 13.1. The molecule has 0 heterocycles. The van der Waals surface area contributed by atoms with Crippen LogP contribution in [-0.4, -0.2) is 56.1 Å². The molecule has 0 radical (unpaired) electrons. The number of nitrogens with one attached hydrogen (secondary N) is 1. The van der Waals surface area contributed by atoms with Gasteiger partial charge in [-0.05, 0) is 51.0 Å². The van der Waals surface area contributed by atoms with Crippen molar-refractivity contribution in [3.05, 3.63) is 78.5 Å². The summed E-state index contributed by atoms with van der Waals surface area (Å²) < 4.78 is 23.4. The molecule has 2 rings (SSSR count). The van der Waals surface area contributed by atoms with Crippen LogP contribution in [0.25, 0.3) is 0 Å². The van der Waals surface area contributed by atoms with E-state index in [0.29, 0.717) is 12.2 Å². The van der Waals surface area contributed by atoms with Crippen LogP contribution in [0.15, 0.2) is 72.9 Å². The molecule has 0 bridgehead atoms. The molecule has 0 fully saturated rings. The van der Waals surface area contributed by atoms with Crippen molar-refractivity contribution in [2.75, 3.05) is 20.8 Å². The Labute approximate surface area is 215 Å². The number of allylic oxidation sites excluding steroid dienone is 1. The maximum atomic E-state index is 12.8. The summed E-state index contributed by atoms with van der Waals surface area (Å²) >= 11 is 0. The van der Waals surface area contributed by atoms with E-state index in [2.05, 4.69) is 5.09 Å². The molecule has 8 nitrogen and oxygen atoms in total. The van der Waals surface area contributed by atoms with Gasteiger partial charge in [-0.1, -0.05) is 48.5 Å². The summed E-state index contributed by atoms with van der Waals surface area (Å²) in [6, 6.07) is 18.3. The van der Waals surface area contributed by atoms with Crippen LogP contribution in [0.3, 0.4) is 0 Å². The second-order valence-corrected chi connectivity index (χ2v) is 9.60. The number of ether oxygens (including phenoxy) is 2. The average Bonchev–Trinajstić information content (AvgIpc) is 2.90. The van der Waals surface area contributed by atoms with Gasteiger partial charge in [0.05, 0.1) is 12.7 Å². The summed E-state index contributed by atoms with van der Waals surface area (Å²) in [5.41, 5.74) is 0.919. The Morgan fingerprint density at radius 2 is 1.69 bits per heavy atom. The van der Waals surface area contributed by atoms with Crippen LogP contribution in [0, 0.1) is 0 Å². The van der Waals surface area contributed by atoms with Crippen LogP contribution in [-0.2, 0) is 23.6 Å². The Hall–Kier alpha value is -2.77. The Bertz CT molecular complexity index is 930. The second kappa shape index (κ2) is 16.1. The van der Waals surface area contributed by atoms with E-state index in [9.17, 15) is 9.59 Å². The Morgan fingerprint density at radius 1 is 1.06 bits per heavy atom. The monoisotopic (exact) mass is 516 g/mol. The quantitative estimate of drug-likeness (QED) is 0.144. The molecule has 5 unspecified atom stereocenters. The Morgan fingerprint density at radius 3 is 2.31 bits per heavy atom. The predicted octanol–water partition coefficient (Wildman–Crippen LogP) is 5.03. The third-order valence-corrected chi connectivity index (χ3v) is 6.91. The normalized spacial score (nSPS) is 15.5. The van der Waals surface area contributed by atoms with E-state index in [0.717, 1.165) is 11.8 Å². The average molecular weight is 517 g/mol. The standard InChI is InChI=1S/C27H37N2O6P/c1-21(29(4)17-12-18-30)19-26(32-5)20-33-36(35-25-15-10-7-11-16-25)28-22(2)27(31)34-23(3)24-13-8-6-9-14-24/h6-18,21-23,26,28H,19-20H2,1-5H3/b17-12-. The highest BCUT2D eigenvalue weighted by Crippen LogP contribution is 2.36. The van der Waals surface area contributed by atoms with Crippen molar-refractivity contribution in [2.24, 2.45) is 0 Å². The predicted molar refractivity (Wildman–Crippen MR) is 141 cm³/mol. The number of nitrogens with zero attached hydrogens (tertiary/aromatic N) is 1. The van der Waals surface area contributed by atoms with Crippen molar-refractivity contribution in [3.8, 4) is 5.75 Å². The minimum absolute atomic E-state index is 0.109. The molecule has 196 valence electrons. The molecule has 1 N–H and O–H groups in total. The van der Waals surface area contributed by atoms with Crippen LogP contribution in [0.5, 0.6) is 5.75 Å². The lowest BCUT2D eigenvalue weighted by Gasteiger charge is -2.28. The fourth-order valence-corrected chi connectivity index (χ4v) is 4.41. The van der Waals surface area contributed by atoms with Crippen molar-refractivity contribution in [2.45, 2.75) is 51.5 Å². The zero-order valence-corrected chi connectivity index (χ0v) is 22.5. The molecule has 2 aromatic carbocycles. The highest BCUT2D eigenvalue weighted by atomic mass is 31.2. The fourth-order valence-electron chi connectivity index (χ4n) is 3.19. The van der Waals surface area contributed by atoms with Gasteiger partial charge in [-0.2, -0.15) is 0 Å². The molecule has 0 spiro atoms. The zero-order chi connectivity index (χ0) is 26.3. The number of rotatable bonds is 16. The number of carbonyl (C=O) groups excluding carboxylic acids is 2. The molecule has 36 heavy (non-hydrogen) atoms. The molecule has 0 aromatic heterocycles. The zero-order valence-electron chi connectivity index (χ0n) is 21.6. The molecule has 2 aromatic rings. The molecule has 0 aliphatic rings. The maximum Gasteiger partial charge on any atom is 0.323 e. The SMILES string of the molecule is COC(COP(NC(C)C(=O)OC(C)c1ccccc1)Oc1ccccc1)CC(C)N(C)/C=C\C=O. The van der Waals surface area contributed by atoms with E-state index < -0.39 is 20.5 Å². The molecule has 0 aliphatic carbocycles. The smallest absolute Gasteiger partial charge is 0.323 e. The van der Waals surface area contributed by atoms with Crippen molar-refractivity contribution in [1.29, 1.82) is 0 Å². The van der Waals surface area contributed by atoms with E-state index in [1.807, 2.05) is 86.5 Å². The number of carbonyl (C=O) groups is 2. The van der Waals surface area contributed by atoms with Crippen LogP contribution in [0.4, 0.5) is 0 Å². The highest BCUT2D eigenvalue weighted by Gasteiger charge is 2.26. The molecular formula is C27H37N2O6P. The van der Waals surface area contributed by atoms with Crippen molar-refractivity contribution in [3.63, 3.8) is 0 Å². The first kappa shape index (κ1) is 29.5. The van der Waals surface area contributed by atoms with Gasteiger partial charge in [-0.15, -0.1) is 0 Å². The topological polar surface area (TPSA) is 86.3 Å². The molecule has 0 saturated heterocycles. The molecule has 5 atom stereocenters. The van der Waals surface area contributed by atoms with Gasteiger partial charge in [0, 0.05) is 26.4 Å². The number of esters is 1. The van der Waals surface area contributed by atoms with Gasteiger partial charge in [0.2, 0.25) is 0 Å². The van der Waals surface area contributed by atoms with Crippen molar-refractivity contribution in [1.82, 2.24) is 9.99 Å². The largest absolute Gasteiger partial charge is 0.457 e. The van der Waals surface area contributed by atoms with E-state index in [1.54, 1.807) is 20.2 Å². The molecule has 9 heteroatoms. The van der Waals surface area contributed by atoms with E-state index in [4.69, 9.17) is 18.5 Å². The van der Waals surface area contributed by atoms with Crippen LogP contribution >= 0.6 is 8.53 Å². The molecule has 0 saturated carbocycles. The van der Waals surface area contributed by atoms with Crippen molar-refractivity contribution < 1.29 is 28.1 Å². The van der Waals surface area contributed by atoms with Gasteiger partial charge < -0.3 is 23.4 Å². The number of hydrogen-bond donors (Lipinski definition) is 1. The first-order chi connectivity index (χ1) is 17.3. The van der Waals surface area contributed by atoms with Gasteiger partial charge in [0.25, 0.3) is 0 Å². The number of hydrogen-bond acceptors (Lipinski definition) is 8. The number of benzene rings is 2. The minimum Gasteiger partial charge on any atom is -0.457 e. The Balaban J connectivity index is 2.00. The van der Waals surface area contributed by atoms with E-state index in [1.165, 1.54) is 6.08 Å². The summed E-state index contributed by atoms with van der Waals surface area (Å²) in [5, 5.41) is 3.14. The van der Waals surface area contributed by atoms with Gasteiger partial charge in [0.1, 0.15) is 24.2 Å². The van der Waals surface area contributed by atoms with Gasteiger partial charge in [0.15, 0.2) is 0 Å². The second-order valence-electron chi connectivity index (χ2n) is 8.38. The lowest BCUT2D eigenvalue weighted by Crippen LogP contribution is -2.35. The third kappa shape index (κ3) is 10.5. The minimum atomic E-state index is -1.68. The lowest BCUT2D eigenvalue weighted by molar-refractivity contribution is -0.150. The summed E-state index contributed by atoms with van der Waals surface area (Å²) in [4.78, 5) is 25.3. The number of para-hydroxylation sites is 1. The first-order valence-electron chi connectivity index (χ1n) is 11.9. The fraction of sp³-hybridized carbons (Fsp3) is 0.407. The van der Waals surface area contributed by atoms with Crippen LogP contribution < -0.4 is 9.61 Å². The van der Waals surface area contributed by atoms with Gasteiger partial charge >= 0.3 is 14.5 Å². The molecule has 0 amide bonds. The van der Waals surface area contributed by atoms with E-state index in [-0.39, 0.29) is 24.9 Å². The lowest BCUT2D eigenvalue weighted by atomic mass is 10.1. The van der Waals surface area contributed by atoms with Crippen LogP contribution in [0.2, 0.25) is 0 Å². The van der Waals surface area contributed by atoms with E-state index >= 15 is 0 Å². The third-order valence-electron chi connectivity index (χ3n) is 5.56. The summed E-state index contributed by atoms with van der Waals surface area (Å²) in [6.45, 7) is 5.84. The highest BCUT2D eigenvalue weighted by molar-refractivity contribution is 7.45. The molecular weight excluding hydrogens is 479 g/mol. The first-order valence-corrected chi connectivity index (χ1v) is 13.1.